The molecule has 3 aromatic carbocycles. The number of nitrogens with one attached hydrogen (secondary N) is 1. The Bertz CT molecular complexity index is 1230. The normalized spacial score (nSPS) is 13.7. The number of nitrogens with two attached hydrogens (primary N) is 1. The number of carboxylic acids is 1. The van der Waals surface area contributed by atoms with E-state index in [-0.39, 0.29) is 12.5 Å². The van der Waals surface area contributed by atoms with E-state index in [0.717, 1.165) is 26.8 Å². The summed E-state index contributed by atoms with van der Waals surface area (Å²) in [5, 5.41) is 33.9. The number of urea groups is 1. The average molecular weight is 494 g/mol. The zero-order chi connectivity index (χ0) is 26.4. The van der Waals surface area contributed by atoms with Crippen molar-refractivity contribution in [3.8, 4) is 11.1 Å². The zero-order valence-corrected chi connectivity index (χ0v) is 20.2. The molecule has 9 nitrogen and oxygen atoms in total. The maximum absolute atomic E-state index is 12.8. The van der Waals surface area contributed by atoms with Gasteiger partial charge in [-0.1, -0.05) is 74.5 Å². The van der Waals surface area contributed by atoms with E-state index in [1.54, 1.807) is 24.3 Å². The van der Waals surface area contributed by atoms with Crippen LogP contribution in [-0.2, 0) is 9.59 Å². The number of carbonyl (C=O) groups is 3. The lowest BCUT2D eigenvalue weighted by Crippen LogP contribution is -2.52. The van der Waals surface area contributed by atoms with Gasteiger partial charge in [-0.15, -0.1) is 0 Å². The number of primary amides is 1. The van der Waals surface area contributed by atoms with E-state index in [0.29, 0.717) is 5.56 Å². The molecule has 3 rings (SSSR count). The number of hydrogen-bond acceptors (Lipinski definition) is 5. The molecule has 0 bridgehead atoms. The fourth-order valence-electron chi connectivity index (χ4n) is 4.02. The molecule has 0 heterocycles. The molecule has 3 unspecified atom stereocenters. The summed E-state index contributed by atoms with van der Waals surface area (Å²) in [5.74, 6) is -3.60. The van der Waals surface area contributed by atoms with Crippen LogP contribution in [-0.4, -0.2) is 63.5 Å². The van der Waals surface area contributed by atoms with Gasteiger partial charge in [0.05, 0.1) is 6.54 Å². The fourth-order valence-corrected chi connectivity index (χ4v) is 4.02. The smallest absolute Gasteiger partial charge is 0.334 e. The minimum Gasteiger partial charge on any atom is -0.479 e. The number of nitrogens with zero attached hydrogens (tertiary/aromatic N) is 1. The number of amides is 3. The van der Waals surface area contributed by atoms with Gasteiger partial charge in [-0.2, -0.15) is 0 Å². The highest BCUT2D eigenvalue weighted by molar-refractivity contribution is 5.88. The first-order valence-electron chi connectivity index (χ1n) is 11.6. The van der Waals surface area contributed by atoms with Crippen molar-refractivity contribution in [1.82, 2.24) is 10.2 Å². The number of fused-ring (bicyclic) bond motifs is 1. The molecule has 0 fully saturated rings. The molecule has 0 saturated heterocycles. The Morgan fingerprint density at radius 3 is 2.08 bits per heavy atom. The minimum absolute atomic E-state index is 0.0384. The second-order valence-corrected chi connectivity index (χ2v) is 9.11. The van der Waals surface area contributed by atoms with Gasteiger partial charge in [-0.3, -0.25) is 4.79 Å². The Labute approximate surface area is 209 Å². The van der Waals surface area contributed by atoms with Crippen molar-refractivity contribution in [1.29, 1.82) is 0 Å². The SMILES string of the molecule is CC(C)CN(CC(O)C(=O)O)C(=O)NC(O)C(C(N)=O)c1ccc(-c2ccc3ccccc3c2)cc1. The van der Waals surface area contributed by atoms with E-state index in [4.69, 9.17) is 10.8 Å². The number of hydrogen-bond donors (Lipinski definition) is 5. The number of benzene rings is 3. The summed E-state index contributed by atoms with van der Waals surface area (Å²) in [5.41, 5.74) is 7.83. The van der Waals surface area contributed by atoms with Gasteiger partial charge in [-0.05, 0) is 39.4 Å². The van der Waals surface area contributed by atoms with E-state index in [1.807, 2.05) is 50.2 Å². The number of carbonyl (C=O) groups excluding carboxylic acids is 2. The molecule has 0 spiro atoms. The lowest BCUT2D eigenvalue weighted by atomic mass is 9.93. The van der Waals surface area contributed by atoms with Crippen LogP contribution in [0.1, 0.15) is 25.3 Å². The van der Waals surface area contributed by atoms with E-state index in [2.05, 4.69) is 11.4 Å². The van der Waals surface area contributed by atoms with Crippen LogP contribution >= 0.6 is 0 Å². The summed E-state index contributed by atoms with van der Waals surface area (Å²) >= 11 is 0. The first-order chi connectivity index (χ1) is 17.1. The van der Waals surface area contributed by atoms with Crippen molar-refractivity contribution in [3.63, 3.8) is 0 Å². The molecule has 0 aliphatic carbocycles. The Hall–Kier alpha value is -3.95. The highest BCUT2D eigenvalue weighted by Gasteiger charge is 2.31. The van der Waals surface area contributed by atoms with Gasteiger partial charge in [0.25, 0.3) is 0 Å². The van der Waals surface area contributed by atoms with Crippen molar-refractivity contribution in [3.05, 3.63) is 72.3 Å². The molecular weight excluding hydrogens is 462 g/mol. The van der Waals surface area contributed by atoms with Crippen molar-refractivity contribution in [2.24, 2.45) is 11.7 Å². The monoisotopic (exact) mass is 493 g/mol. The number of carboxylic acid groups (broad SMARTS) is 1. The molecule has 3 atom stereocenters. The standard InChI is InChI=1S/C27H31N3O6/c1-16(2)14-30(15-22(31)26(34)35)27(36)29-25(33)23(24(28)32)19-10-7-18(8-11-19)21-12-9-17-5-3-4-6-20(17)13-21/h3-13,16,22-23,25,31,33H,14-15H2,1-2H3,(H2,28,32)(H,29,36)(H,34,35). The molecular formula is C27H31N3O6. The van der Waals surface area contributed by atoms with Crippen LogP contribution in [0.3, 0.4) is 0 Å². The fraction of sp³-hybridized carbons (Fsp3) is 0.296. The molecule has 6 N–H and O–H groups in total. The topological polar surface area (TPSA) is 153 Å². The molecule has 0 aromatic heterocycles. The van der Waals surface area contributed by atoms with E-state index < -0.39 is 42.7 Å². The van der Waals surface area contributed by atoms with Crippen LogP contribution in [0.25, 0.3) is 21.9 Å². The Balaban J connectivity index is 1.78. The van der Waals surface area contributed by atoms with Crippen LogP contribution in [0, 0.1) is 5.92 Å². The lowest BCUT2D eigenvalue weighted by Gasteiger charge is -2.29. The van der Waals surface area contributed by atoms with Crippen LogP contribution in [0.2, 0.25) is 0 Å². The summed E-state index contributed by atoms with van der Waals surface area (Å²) in [7, 11) is 0. The first-order valence-corrected chi connectivity index (χ1v) is 11.6. The van der Waals surface area contributed by atoms with Crippen molar-refractivity contribution >= 4 is 28.7 Å². The summed E-state index contributed by atoms with van der Waals surface area (Å²) in [6, 6.07) is 20.2. The molecule has 0 aliphatic rings. The predicted molar refractivity (Wildman–Crippen MR) is 136 cm³/mol. The molecule has 9 heteroatoms. The molecule has 0 radical (unpaired) electrons. The third-order valence-corrected chi connectivity index (χ3v) is 5.80. The molecule has 190 valence electrons. The third kappa shape index (κ3) is 6.59. The molecule has 3 aromatic rings. The van der Waals surface area contributed by atoms with Crippen molar-refractivity contribution in [2.75, 3.05) is 13.1 Å². The van der Waals surface area contributed by atoms with Crippen LogP contribution in [0.4, 0.5) is 4.79 Å². The summed E-state index contributed by atoms with van der Waals surface area (Å²) in [6.45, 7) is 3.28. The Kier molecular flexibility index (Phi) is 8.63. The third-order valence-electron chi connectivity index (χ3n) is 5.80. The van der Waals surface area contributed by atoms with Crippen LogP contribution in [0.5, 0.6) is 0 Å². The Morgan fingerprint density at radius 2 is 1.50 bits per heavy atom. The number of aliphatic hydroxyl groups excluding tert-OH is 2. The first kappa shape index (κ1) is 26.7. The van der Waals surface area contributed by atoms with Gasteiger partial charge >= 0.3 is 12.0 Å². The highest BCUT2D eigenvalue weighted by Crippen LogP contribution is 2.27. The lowest BCUT2D eigenvalue weighted by molar-refractivity contribution is -0.147. The molecule has 0 aliphatic heterocycles. The van der Waals surface area contributed by atoms with Gasteiger partial charge in [0.2, 0.25) is 5.91 Å². The van der Waals surface area contributed by atoms with Gasteiger partial charge in [0, 0.05) is 6.54 Å². The summed E-state index contributed by atoms with van der Waals surface area (Å²) in [6.07, 6.45) is -3.46. The largest absolute Gasteiger partial charge is 0.479 e. The van der Waals surface area contributed by atoms with Crippen LogP contribution < -0.4 is 11.1 Å². The molecule has 3 amide bonds. The van der Waals surface area contributed by atoms with Crippen molar-refractivity contribution < 1.29 is 29.7 Å². The average Bonchev–Trinajstić information content (AvgIpc) is 2.83. The maximum atomic E-state index is 12.8. The molecule has 0 saturated carbocycles. The predicted octanol–water partition coefficient (Wildman–Crippen LogP) is 2.51. The minimum atomic E-state index is -1.79. The maximum Gasteiger partial charge on any atom is 0.334 e. The number of rotatable bonds is 10. The second kappa shape index (κ2) is 11.7. The van der Waals surface area contributed by atoms with Gasteiger partial charge < -0.3 is 31.3 Å². The second-order valence-electron chi connectivity index (χ2n) is 9.11. The number of aliphatic hydroxyl groups is 2. The van der Waals surface area contributed by atoms with Crippen molar-refractivity contribution in [2.45, 2.75) is 32.1 Å². The number of aliphatic carboxylic acids is 1. The zero-order valence-electron chi connectivity index (χ0n) is 20.2. The molecule has 36 heavy (non-hydrogen) atoms. The van der Waals surface area contributed by atoms with Gasteiger partial charge in [-0.25, -0.2) is 9.59 Å². The highest BCUT2D eigenvalue weighted by atomic mass is 16.4. The van der Waals surface area contributed by atoms with E-state index in [9.17, 15) is 24.6 Å². The van der Waals surface area contributed by atoms with Gasteiger partial charge in [0.1, 0.15) is 12.1 Å². The summed E-state index contributed by atoms with van der Waals surface area (Å²) < 4.78 is 0. The van der Waals surface area contributed by atoms with E-state index in [1.165, 1.54) is 0 Å². The Morgan fingerprint density at radius 1 is 0.889 bits per heavy atom. The van der Waals surface area contributed by atoms with Crippen LogP contribution in [0.15, 0.2) is 66.7 Å². The summed E-state index contributed by atoms with van der Waals surface area (Å²) in [4.78, 5) is 37.1. The van der Waals surface area contributed by atoms with Gasteiger partial charge in [0.15, 0.2) is 6.10 Å². The van der Waals surface area contributed by atoms with E-state index >= 15 is 0 Å². The quantitative estimate of drug-likeness (QED) is 0.274.